The molecule has 1 aromatic heterocycles. The van der Waals surface area contributed by atoms with Gasteiger partial charge in [-0.25, -0.2) is 0 Å². The Balaban J connectivity index is 1.76. The van der Waals surface area contributed by atoms with Crippen LogP contribution in [0.1, 0.15) is 30.1 Å². The van der Waals surface area contributed by atoms with Crippen LogP contribution in [-0.4, -0.2) is 39.4 Å². The van der Waals surface area contributed by atoms with Crippen LogP contribution in [0.15, 0.2) is 30.5 Å². The average molecular weight is 297 g/mol. The minimum absolute atomic E-state index is 0.111. The van der Waals surface area contributed by atoms with Crippen LogP contribution in [-0.2, 0) is 17.3 Å². The van der Waals surface area contributed by atoms with Crippen molar-refractivity contribution in [2.45, 2.75) is 24.3 Å². The Morgan fingerprint density at radius 1 is 1.32 bits per heavy atom. The van der Waals surface area contributed by atoms with Crippen molar-refractivity contribution in [3.8, 4) is 0 Å². The number of carbonyl (C=O) groups is 1. The summed E-state index contributed by atoms with van der Waals surface area (Å²) in [5, 5.41) is 11.4. The fraction of sp³-hybridized carbons (Fsp3) is 0.438. The molecule has 0 saturated carbocycles. The van der Waals surface area contributed by atoms with E-state index in [1.807, 2.05) is 31.4 Å². The van der Waals surface area contributed by atoms with Gasteiger partial charge in [0.15, 0.2) is 0 Å². The van der Waals surface area contributed by atoms with E-state index in [2.05, 4.69) is 33.6 Å². The Morgan fingerprint density at radius 3 is 2.91 bits per heavy atom. The lowest BCUT2D eigenvalue weighted by Gasteiger charge is -2.41. The van der Waals surface area contributed by atoms with Crippen LogP contribution in [0, 0.1) is 0 Å². The molecule has 1 aromatic carbocycles. The zero-order chi connectivity index (χ0) is 15.3. The number of hydrogen-bond donors (Lipinski definition) is 1. The summed E-state index contributed by atoms with van der Waals surface area (Å²) in [5.41, 5.74) is 2.57. The van der Waals surface area contributed by atoms with E-state index >= 15 is 0 Å². The molecule has 0 bridgehead atoms. The van der Waals surface area contributed by atoms with E-state index < -0.39 is 5.41 Å². The van der Waals surface area contributed by atoms with E-state index in [4.69, 9.17) is 0 Å². The lowest BCUT2D eigenvalue weighted by Crippen LogP contribution is -2.46. The van der Waals surface area contributed by atoms with Crippen LogP contribution in [0.2, 0.25) is 0 Å². The number of carbonyl (C=O) groups excluding carboxylic acids is 1. The molecule has 0 aliphatic carbocycles. The molecule has 3 heterocycles. The first-order chi connectivity index (χ1) is 10.6. The van der Waals surface area contributed by atoms with E-state index in [9.17, 15) is 4.79 Å². The number of nitrogens with zero attached hydrogens (tertiary/aromatic N) is 4. The monoisotopic (exact) mass is 297 g/mol. The zero-order valence-electron chi connectivity index (χ0n) is 12.8. The average Bonchev–Trinajstić information content (AvgIpc) is 3.05. The molecular weight excluding hydrogens is 278 g/mol. The number of para-hydroxylation sites is 1. The van der Waals surface area contributed by atoms with Crippen molar-refractivity contribution in [3.63, 3.8) is 0 Å². The number of rotatable bonds is 1. The third kappa shape index (κ3) is 1.80. The van der Waals surface area contributed by atoms with Crippen LogP contribution >= 0.6 is 0 Å². The Kier molecular flexibility index (Phi) is 2.84. The molecular formula is C16H19N5O. The molecule has 114 valence electrons. The van der Waals surface area contributed by atoms with Gasteiger partial charge in [0.05, 0.1) is 17.2 Å². The first-order valence-corrected chi connectivity index (χ1v) is 7.57. The molecule has 6 heteroatoms. The summed E-state index contributed by atoms with van der Waals surface area (Å²) in [5.74, 6) is 0.121. The first kappa shape index (κ1) is 13.5. The number of anilines is 1. The summed E-state index contributed by atoms with van der Waals surface area (Å²) in [4.78, 5) is 15.0. The highest BCUT2D eigenvalue weighted by molar-refractivity contribution is 6.06. The van der Waals surface area contributed by atoms with Gasteiger partial charge in [-0.05, 0) is 38.1 Å². The zero-order valence-corrected chi connectivity index (χ0v) is 12.8. The molecule has 2 aliphatic heterocycles. The maximum absolute atomic E-state index is 12.7. The molecule has 22 heavy (non-hydrogen) atoms. The van der Waals surface area contributed by atoms with Crippen LogP contribution < -0.4 is 5.32 Å². The van der Waals surface area contributed by atoms with Crippen molar-refractivity contribution in [2.24, 2.45) is 7.05 Å². The normalized spacial score (nSPS) is 27.9. The summed E-state index contributed by atoms with van der Waals surface area (Å²) in [6.45, 7) is 0.864. The molecule has 1 spiro atoms. The van der Waals surface area contributed by atoms with Crippen molar-refractivity contribution in [2.75, 3.05) is 18.9 Å². The van der Waals surface area contributed by atoms with Crippen molar-refractivity contribution >= 4 is 11.6 Å². The first-order valence-electron chi connectivity index (χ1n) is 7.57. The standard InChI is InChI=1S/C16H19N5O/c1-20-8-7-16(9-14(20)13-10-21(2)19-18-13)11-5-3-4-6-12(11)17-15(16)22/h3-6,10,14H,7-9H2,1-2H3,(H,17,22). The maximum Gasteiger partial charge on any atom is 0.235 e. The van der Waals surface area contributed by atoms with Crippen LogP contribution in [0.5, 0.6) is 0 Å². The van der Waals surface area contributed by atoms with Gasteiger partial charge in [-0.15, -0.1) is 5.10 Å². The molecule has 1 fully saturated rings. The molecule has 1 saturated heterocycles. The van der Waals surface area contributed by atoms with Gasteiger partial charge in [0.1, 0.15) is 0 Å². The number of likely N-dealkylation sites (tertiary alicyclic amines) is 1. The minimum Gasteiger partial charge on any atom is -0.325 e. The Morgan fingerprint density at radius 2 is 2.14 bits per heavy atom. The summed E-state index contributed by atoms with van der Waals surface area (Å²) >= 11 is 0. The highest BCUT2D eigenvalue weighted by Crippen LogP contribution is 2.49. The number of hydrogen-bond acceptors (Lipinski definition) is 4. The summed E-state index contributed by atoms with van der Waals surface area (Å²) < 4.78 is 1.72. The highest BCUT2D eigenvalue weighted by atomic mass is 16.2. The molecule has 1 amide bonds. The highest BCUT2D eigenvalue weighted by Gasteiger charge is 2.51. The largest absolute Gasteiger partial charge is 0.325 e. The third-order valence-electron chi connectivity index (χ3n) is 5.05. The predicted octanol–water partition coefficient (Wildman–Crippen LogP) is 1.47. The van der Waals surface area contributed by atoms with Gasteiger partial charge >= 0.3 is 0 Å². The van der Waals surface area contributed by atoms with Crippen molar-refractivity contribution in [1.82, 2.24) is 19.9 Å². The van der Waals surface area contributed by atoms with Gasteiger partial charge in [0.2, 0.25) is 5.91 Å². The quantitative estimate of drug-likeness (QED) is 0.866. The number of amides is 1. The van der Waals surface area contributed by atoms with Crippen molar-refractivity contribution in [3.05, 3.63) is 41.7 Å². The second-order valence-corrected chi connectivity index (χ2v) is 6.35. The van der Waals surface area contributed by atoms with Gasteiger partial charge in [-0.3, -0.25) is 14.4 Å². The Hall–Kier alpha value is -2.21. The van der Waals surface area contributed by atoms with Gasteiger partial charge in [-0.2, -0.15) is 0 Å². The van der Waals surface area contributed by atoms with E-state index in [1.54, 1.807) is 4.68 Å². The van der Waals surface area contributed by atoms with Gasteiger partial charge in [0, 0.05) is 18.9 Å². The van der Waals surface area contributed by atoms with Crippen LogP contribution in [0.25, 0.3) is 0 Å². The smallest absolute Gasteiger partial charge is 0.235 e. The van der Waals surface area contributed by atoms with Crippen LogP contribution in [0.4, 0.5) is 5.69 Å². The second kappa shape index (κ2) is 4.64. The van der Waals surface area contributed by atoms with Crippen molar-refractivity contribution < 1.29 is 4.79 Å². The van der Waals surface area contributed by atoms with E-state index in [1.165, 1.54) is 0 Å². The molecule has 2 atom stereocenters. The maximum atomic E-state index is 12.7. The molecule has 2 unspecified atom stereocenters. The van der Waals surface area contributed by atoms with E-state index in [0.717, 1.165) is 36.3 Å². The minimum atomic E-state index is -0.439. The van der Waals surface area contributed by atoms with Crippen LogP contribution in [0.3, 0.4) is 0 Å². The fourth-order valence-electron chi connectivity index (χ4n) is 3.78. The van der Waals surface area contributed by atoms with E-state index in [-0.39, 0.29) is 11.9 Å². The molecule has 0 radical (unpaired) electrons. The summed E-state index contributed by atoms with van der Waals surface area (Å²) in [6.07, 6.45) is 3.52. The second-order valence-electron chi connectivity index (χ2n) is 6.35. The number of piperidine rings is 1. The Bertz CT molecular complexity index is 740. The number of aromatic nitrogens is 3. The number of fused-ring (bicyclic) bond motifs is 2. The number of aryl methyl sites for hydroxylation is 1. The Labute approximate surface area is 129 Å². The lowest BCUT2D eigenvalue weighted by molar-refractivity contribution is -0.123. The fourth-order valence-corrected chi connectivity index (χ4v) is 3.78. The van der Waals surface area contributed by atoms with Gasteiger partial charge in [0.25, 0.3) is 0 Å². The van der Waals surface area contributed by atoms with Gasteiger partial charge < -0.3 is 5.32 Å². The molecule has 1 N–H and O–H groups in total. The number of benzene rings is 1. The molecule has 2 aliphatic rings. The van der Waals surface area contributed by atoms with E-state index in [0.29, 0.717) is 0 Å². The molecule has 2 aromatic rings. The molecule has 4 rings (SSSR count). The van der Waals surface area contributed by atoms with Crippen molar-refractivity contribution in [1.29, 1.82) is 0 Å². The molecule has 6 nitrogen and oxygen atoms in total. The third-order valence-corrected chi connectivity index (χ3v) is 5.05. The number of nitrogens with one attached hydrogen (secondary N) is 1. The predicted molar refractivity (Wildman–Crippen MR) is 82.4 cm³/mol. The lowest BCUT2D eigenvalue weighted by atomic mass is 9.70. The summed E-state index contributed by atoms with van der Waals surface area (Å²) in [7, 11) is 3.96. The summed E-state index contributed by atoms with van der Waals surface area (Å²) in [6, 6.07) is 8.15. The van der Waals surface area contributed by atoms with Gasteiger partial charge in [-0.1, -0.05) is 23.4 Å². The SMILES string of the molecule is CN1CCC2(CC1c1cn(C)nn1)C(=O)Nc1ccccc12. The topological polar surface area (TPSA) is 63.1 Å².